The molecule has 0 fully saturated rings. The van der Waals surface area contributed by atoms with Gasteiger partial charge in [0, 0.05) is 12.1 Å². The van der Waals surface area contributed by atoms with Gasteiger partial charge in [0.15, 0.2) is 0 Å². The normalized spacial score (nSPS) is 10.0. The topological polar surface area (TPSA) is 55.8 Å². The molecule has 0 heterocycles. The maximum atomic E-state index is 11.4. The summed E-state index contributed by atoms with van der Waals surface area (Å²) in [5.41, 5.74) is 0.201. The van der Waals surface area contributed by atoms with Crippen molar-refractivity contribution in [1.82, 2.24) is 4.90 Å². The lowest BCUT2D eigenvalue weighted by molar-refractivity contribution is -0.149. The van der Waals surface area contributed by atoms with E-state index >= 15 is 0 Å². The van der Waals surface area contributed by atoms with Crippen LogP contribution in [0.2, 0.25) is 0 Å². The minimum Gasteiger partial charge on any atom is -0.458 e. The number of rotatable bonds is 8. The lowest BCUT2D eigenvalue weighted by atomic mass is 10.4. The molecule has 0 bridgehead atoms. The van der Waals surface area contributed by atoms with Crippen LogP contribution in [0.25, 0.3) is 0 Å². The molecule has 0 aromatic carbocycles. The highest BCUT2D eigenvalue weighted by molar-refractivity contribution is 5.93. The standard InChI is InChI=1S/C13H21NO4/c1-6-14(7-2)8-9-17-13(16)11(5)18-12(15)10(3)4/h3,5-9H2,1-2,4H3. The number of ether oxygens (including phenoxy) is 2. The maximum absolute atomic E-state index is 11.4. The van der Waals surface area contributed by atoms with Crippen molar-refractivity contribution < 1.29 is 19.1 Å². The predicted molar refractivity (Wildman–Crippen MR) is 68.8 cm³/mol. The van der Waals surface area contributed by atoms with E-state index in [2.05, 4.69) is 22.8 Å². The smallest absolute Gasteiger partial charge is 0.373 e. The minimum atomic E-state index is -0.725. The molecule has 0 aliphatic carbocycles. The van der Waals surface area contributed by atoms with Crippen LogP contribution in [-0.4, -0.2) is 43.1 Å². The summed E-state index contributed by atoms with van der Waals surface area (Å²) in [6.45, 7) is 14.9. The van der Waals surface area contributed by atoms with Crippen molar-refractivity contribution >= 4 is 11.9 Å². The van der Waals surface area contributed by atoms with Crippen LogP contribution in [0.3, 0.4) is 0 Å². The molecule has 0 unspecified atom stereocenters. The number of carbonyl (C=O) groups is 2. The molecule has 0 amide bonds. The highest BCUT2D eigenvalue weighted by Crippen LogP contribution is 2.02. The molecule has 18 heavy (non-hydrogen) atoms. The molecule has 0 saturated heterocycles. The average Bonchev–Trinajstić information content (AvgIpc) is 2.34. The summed E-state index contributed by atoms with van der Waals surface area (Å²) in [7, 11) is 0. The third kappa shape index (κ3) is 6.20. The molecule has 0 radical (unpaired) electrons. The Kier molecular flexibility index (Phi) is 7.71. The zero-order valence-corrected chi connectivity index (χ0v) is 11.3. The fourth-order valence-electron chi connectivity index (χ4n) is 1.13. The highest BCUT2D eigenvalue weighted by atomic mass is 16.6. The van der Waals surface area contributed by atoms with Gasteiger partial charge >= 0.3 is 11.9 Å². The van der Waals surface area contributed by atoms with E-state index in [4.69, 9.17) is 4.74 Å². The molecule has 0 saturated carbocycles. The second-order valence-corrected chi connectivity index (χ2v) is 3.76. The lowest BCUT2D eigenvalue weighted by Gasteiger charge is -2.17. The first kappa shape index (κ1) is 16.4. The minimum absolute atomic E-state index is 0.201. The molecule has 0 spiro atoms. The van der Waals surface area contributed by atoms with Crippen molar-refractivity contribution in [2.45, 2.75) is 20.8 Å². The van der Waals surface area contributed by atoms with E-state index in [9.17, 15) is 9.59 Å². The fraction of sp³-hybridized carbons (Fsp3) is 0.538. The van der Waals surface area contributed by atoms with Gasteiger partial charge in [-0.3, -0.25) is 0 Å². The number of esters is 2. The summed E-state index contributed by atoms with van der Waals surface area (Å²) in [4.78, 5) is 24.7. The summed E-state index contributed by atoms with van der Waals surface area (Å²) in [5, 5.41) is 0. The molecule has 0 aliphatic heterocycles. The Morgan fingerprint density at radius 2 is 1.67 bits per heavy atom. The van der Waals surface area contributed by atoms with Gasteiger partial charge in [0.2, 0.25) is 5.76 Å². The largest absolute Gasteiger partial charge is 0.458 e. The van der Waals surface area contributed by atoms with Crippen LogP contribution in [0.5, 0.6) is 0 Å². The number of hydrogen-bond donors (Lipinski definition) is 0. The molecule has 5 nitrogen and oxygen atoms in total. The molecule has 0 rings (SSSR count). The van der Waals surface area contributed by atoms with E-state index in [-0.39, 0.29) is 17.9 Å². The first-order valence-electron chi connectivity index (χ1n) is 5.88. The van der Waals surface area contributed by atoms with Crippen LogP contribution >= 0.6 is 0 Å². The first-order valence-corrected chi connectivity index (χ1v) is 5.88. The Morgan fingerprint density at radius 1 is 1.11 bits per heavy atom. The van der Waals surface area contributed by atoms with Crippen molar-refractivity contribution in [2.24, 2.45) is 0 Å². The second-order valence-electron chi connectivity index (χ2n) is 3.76. The SMILES string of the molecule is C=C(C)C(=O)OC(=C)C(=O)OCCN(CC)CC. The van der Waals surface area contributed by atoms with Crippen molar-refractivity contribution in [2.75, 3.05) is 26.2 Å². The van der Waals surface area contributed by atoms with Gasteiger partial charge < -0.3 is 14.4 Å². The van der Waals surface area contributed by atoms with E-state index in [0.717, 1.165) is 13.1 Å². The van der Waals surface area contributed by atoms with Crippen LogP contribution in [0.4, 0.5) is 0 Å². The van der Waals surface area contributed by atoms with Crippen molar-refractivity contribution in [3.63, 3.8) is 0 Å². The third-order valence-corrected chi connectivity index (χ3v) is 2.33. The van der Waals surface area contributed by atoms with Crippen LogP contribution in [0.15, 0.2) is 24.5 Å². The molecule has 0 aliphatic rings. The fourth-order valence-corrected chi connectivity index (χ4v) is 1.13. The Labute approximate surface area is 108 Å². The number of carbonyl (C=O) groups excluding carboxylic acids is 2. The van der Waals surface area contributed by atoms with E-state index < -0.39 is 11.9 Å². The van der Waals surface area contributed by atoms with Crippen LogP contribution in [0.1, 0.15) is 20.8 Å². The van der Waals surface area contributed by atoms with Crippen LogP contribution in [-0.2, 0) is 19.1 Å². The van der Waals surface area contributed by atoms with E-state index in [1.165, 1.54) is 6.92 Å². The highest BCUT2D eigenvalue weighted by Gasteiger charge is 2.15. The summed E-state index contributed by atoms with van der Waals surface area (Å²) < 4.78 is 9.59. The molecule has 5 heteroatoms. The molecule has 0 N–H and O–H groups in total. The maximum Gasteiger partial charge on any atom is 0.373 e. The summed E-state index contributed by atoms with van der Waals surface area (Å²) >= 11 is 0. The number of likely N-dealkylation sites (N-methyl/N-ethyl adjacent to an activating group) is 1. The molecular formula is C13H21NO4. The Hall–Kier alpha value is -1.62. The van der Waals surface area contributed by atoms with Gasteiger partial charge in [-0.1, -0.05) is 20.4 Å². The van der Waals surface area contributed by atoms with Gasteiger partial charge in [0.25, 0.3) is 0 Å². The molecular weight excluding hydrogens is 234 g/mol. The molecule has 102 valence electrons. The Balaban J connectivity index is 3.99. The Bertz CT molecular complexity index is 332. The van der Waals surface area contributed by atoms with Gasteiger partial charge in [-0.15, -0.1) is 0 Å². The molecule has 0 aromatic rings. The monoisotopic (exact) mass is 255 g/mol. The quantitative estimate of drug-likeness (QED) is 0.374. The van der Waals surface area contributed by atoms with Gasteiger partial charge in [0.1, 0.15) is 6.61 Å². The summed E-state index contributed by atoms with van der Waals surface area (Å²) in [6.07, 6.45) is 0. The van der Waals surface area contributed by atoms with Crippen LogP contribution in [0, 0.1) is 0 Å². The van der Waals surface area contributed by atoms with E-state index in [0.29, 0.717) is 6.54 Å². The zero-order chi connectivity index (χ0) is 14.1. The third-order valence-electron chi connectivity index (χ3n) is 2.33. The van der Waals surface area contributed by atoms with Gasteiger partial charge in [-0.25, -0.2) is 9.59 Å². The van der Waals surface area contributed by atoms with Gasteiger partial charge in [-0.05, 0) is 26.6 Å². The number of hydrogen-bond acceptors (Lipinski definition) is 5. The van der Waals surface area contributed by atoms with Crippen molar-refractivity contribution in [3.05, 3.63) is 24.5 Å². The summed E-state index contributed by atoms with van der Waals surface area (Å²) in [5.74, 6) is -1.72. The average molecular weight is 255 g/mol. The second kappa shape index (κ2) is 8.47. The predicted octanol–water partition coefficient (Wildman–Crippen LogP) is 1.50. The van der Waals surface area contributed by atoms with E-state index in [1.54, 1.807) is 0 Å². The van der Waals surface area contributed by atoms with Crippen molar-refractivity contribution in [3.8, 4) is 0 Å². The first-order chi connectivity index (χ1) is 8.42. The lowest BCUT2D eigenvalue weighted by Crippen LogP contribution is -2.28. The van der Waals surface area contributed by atoms with E-state index in [1.807, 2.05) is 13.8 Å². The summed E-state index contributed by atoms with van der Waals surface area (Å²) in [6, 6.07) is 0. The molecule has 0 aromatic heterocycles. The Morgan fingerprint density at radius 3 is 2.11 bits per heavy atom. The number of nitrogens with zero attached hydrogens (tertiary/aromatic N) is 1. The zero-order valence-electron chi connectivity index (χ0n) is 11.3. The molecule has 0 atom stereocenters. The van der Waals surface area contributed by atoms with Gasteiger partial charge in [-0.2, -0.15) is 0 Å². The van der Waals surface area contributed by atoms with Crippen molar-refractivity contribution in [1.29, 1.82) is 0 Å². The van der Waals surface area contributed by atoms with Crippen LogP contribution < -0.4 is 0 Å². The van der Waals surface area contributed by atoms with Gasteiger partial charge in [0.05, 0.1) is 0 Å².